The summed E-state index contributed by atoms with van der Waals surface area (Å²) in [5.41, 5.74) is 3.74. The smallest absolute Gasteiger partial charge is 0.138 e. The van der Waals surface area contributed by atoms with E-state index in [0.29, 0.717) is 5.92 Å². The highest BCUT2D eigenvalue weighted by Gasteiger charge is 2.26. The lowest BCUT2D eigenvalue weighted by molar-refractivity contribution is 0.214. The maximum absolute atomic E-state index is 4.83. The number of thioether (sulfide) groups is 1. The zero-order valence-electron chi connectivity index (χ0n) is 15.7. The maximum Gasteiger partial charge on any atom is 0.138 e. The van der Waals surface area contributed by atoms with E-state index in [1.807, 2.05) is 6.33 Å². The van der Waals surface area contributed by atoms with E-state index in [1.165, 1.54) is 30.6 Å². The van der Waals surface area contributed by atoms with Crippen LogP contribution < -0.4 is 0 Å². The fourth-order valence-electron chi connectivity index (χ4n) is 3.89. The SMILES string of the molecule is CCN1CCC[C@@H](c2c(-c3ccccc3)ncn2CCSc2cn[nH]n2)C1. The molecular weight excluding hydrogens is 356 g/mol. The maximum atomic E-state index is 4.83. The highest BCUT2D eigenvalue weighted by atomic mass is 32.2. The molecule has 0 saturated carbocycles. The van der Waals surface area contributed by atoms with E-state index in [-0.39, 0.29) is 0 Å². The number of hydrogen-bond donors (Lipinski definition) is 1. The number of imidazole rings is 1. The van der Waals surface area contributed by atoms with Crippen LogP contribution in [0, 0.1) is 0 Å². The first-order valence-electron chi connectivity index (χ1n) is 9.66. The van der Waals surface area contributed by atoms with Crippen LogP contribution in [0.15, 0.2) is 47.9 Å². The lowest BCUT2D eigenvalue weighted by Gasteiger charge is -2.32. The monoisotopic (exact) mass is 382 g/mol. The van der Waals surface area contributed by atoms with Gasteiger partial charge in [-0.05, 0) is 25.9 Å². The van der Waals surface area contributed by atoms with Crippen LogP contribution in [0.25, 0.3) is 11.3 Å². The van der Waals surface area contributed by atoms with Gasteiger partial charge in [0.15, 0.2) is 0 Å². The number of aryl methyl sites for hydroxylation is 1. The number of rotatable bonds is 7. The van der Waals surface area contributed by atoms with Crippen LogP contribution in [0.1, 0.15) is 31.4 Å². The zero-order chi connectivity index (χ0) is 18.5. The molecule has 0 aliphatic carbocycles. The summed E-state index contributed by atoms with van der Waals surface area (Å²) in [4.78, 5) is 7.39. The summed E-state index contributed by atoms with van der Waals surface area (Å²) in [6.07, 6.45) is 6.28. The first-order valence-corrected chi connectivity index (χ1v) is 10.6. The number of nitrogens with one attached hydrogen (secondary N) is 1. The fraction of sp³-hybridized carbons (Fsp3) is 0.450. The third-order valence-electron chi connectivity index (χ3n) is 5.24. The van der Waals surface area contributed by atoms with Crippen LogP contribution >= 0.6 is 11.8 Å². The Bertz CT molecular complexity index is 830. The van der Waals surface area contributed by atoms with E-state index in [0.717, 1.165) is 36.1 Å². The minimum atomic E-state index is 0.536. The molecule has 1 aliphatic heterocycles. The van der Waals surface area contributed by atoms with Crippen molar-refractivity contribution in [1.29, 1.82) is 0 Å². The summed E-state index contributed by atoms with van der Waals surface area (Å²) in [5.74, 6) is 1.49. The molecule has 3 aromatic rings. The van der Waals surface area contributed by atoms with Gasteiger partial charge < -0.3 is 9.47 Å². The van der Waals surface area contributed by atoms with Gasteiger partial charge in [0, 0.05) is 36.0 Å². The second-order valence-electron chi connectivity index (χ2n) is 6.93. The molecule has 4 rings (SSSR count). The third kappa shape index (κ3) is 4.25. The average Bonchev–Trinajstić information content (AvgIpc) is 3.39. The van der Waals surface area contributed by atoms with Crippen LogP contribution in [0.2, 0.25) is 0 Å². The van der Waals surface area contributed by atoms with E-state index in [4.69, 9.17) is 4.98 Å². The fourth-order valence-corrected chi connectivity index (χ4v) is 4.62. The summed E-state index contributed by atoms with van der Waals surface area (Å²) < 4.78 is 2.36. The van der Waals surface area contributed by atoms with Gasteiger partial charge in [-0.1, -0.05) is 37.3 Å². The van der Waals surface area contributed by atoms with Gasteiger partial charge in [0.1, 0.15) is 5.03 Å². The molecule has 1 atom stereocenters. The largest absolute Gasteiger partial charge is 0.333 e. The second kappa shape index (κ2) is 8.71. The van der Waals surface area contributed by atoms with Gasteiger partial charge >= 0.3 is 0 Å². The standard InChI is InChI=1S/C20H26N6S/c1-2-25-10-6-9-17(14-25)20-19(16-7-4-3-5-8-16)21-15-26(20)11-12-27-18-13-22-24-23-18/h3-5,7-8,13,15,17H,2,6,9-12,14H2,1H3,(H,22,23,24)/t17-/m1/s1. The van der Waals surface area contributed by atoms with Gasteiger partial charge in [-0.2, -0.15) is 10.3 Å². The minimum Gasteiger partial charge on any atom is -0.333 e. The van der Waals surface area contributed by atoms with Crippen LogP contribution in [0.5, 0.6) is 0 Å². The van der Waals surface area contributed by atoms with E-state index < -0.39 is 0 Å². The molecule has 1 aromatic carbocycles. The summed E-state index contributed by atoms with van der Waals surface area (Å²) in [7, 11) is 0. The van der Waals surface area contributed by atoms with Crippen molar-refractivity contribution >= 4 is 11.8 Å². The minimum absolute atomic E-state index is 0.536. The molecule has 6 nitrogen and oxygen atoms in total. The van der Waals surface area contributed by atoms with Gasteiger partial charge in [0.05, 0.1) is 18.2 Å². The van der Waals surface area contributed by atoms with Gasteiger partial charge in [-0.15, -0.1) is 16.9 Å². The van der Waals surface area contributed by atoms with Crippen molar-refractivity contribution in [2.45, 2.75) is 37.3 Å². The number of benzene rings is 1. The Hall–Kier alpha value is -2.12. The Kier molecular flexibility index (Phi) is 5.89. The number of piperidine rings is 1. The predicted octanol–water partition coefficient (Wildman–Crippen LogP) is 3.66. The van der Waals surface area contributed by atoms with E-state index in [1.54, 1.807) is 18.0 Å². The Labute approximate surface area is 164 Å². The highest BCUT2D eigenvalue weighted by molar-refractivity contribution is 7.99. The molecular formula is C20H26N6S. The molecule has 0 unspecified atom stereocenters. The first kappa shape index (κ1) is 18.3. The Morgan fingerprint density at radius 1 is 1.26 bits per heavy atom. The predicted molar refractivity (Wildman–Crippen MR) is 109 cm³/mol. The molecule has 7 heteroatoms. The highest BCUT2D eigenvalue weighted by Crippen LogP contribution is 2.34. The molecule has 2 aromatic heterocycles. The first-order chi connectivity index (χ1) is 13.3. The lowest BCUT2D eigenvalue weighted by atomic mass is 9.91. The topological polar surface area (TPSA) is 62.6 Å². The van der Waals surface area contributed by atoms with Crippen molar-refractivity contribution in [1.82, 2.24) is 29.9 Å². The lowest BCUT2D eigenvalue weighted by Crippen LogP contribution is -2.35. The molecule has 1 saturated heterocycles. The van der Waals surface area contributed by atoms with Crippen molar-refractivity contribution in [3.63, 3.8) is 0 Å². The molecule has 142 valence electrons. The number of H-pyrrole nitrogens is 1. The van der Waals surface area contributed by atoms with Crippen molar-refractivity contribution in [3.05, 3.63) is 48.5 Å². The molecule has 0 amide bonds. The van der Waals surface area contributed by atoms with Crippen molar-refractivity contribution < 1.29 is 0 Å². The van der Waals surface area contributed by atoms with Gasteiger partial charge in [-0.3, -0.25) is 0 Å². The summed E-state index contributed by atoms with van der Waals surface area (Å²) in [5, 5.41) is 11.6. The quantitative estimate of drug-likeness (QED) is 0.632. The number of likely N-dealkylation sites (tertiary alicyclic amines) is 1. The molecule has 0 bridgehead atoms. The van der Waals surface area contributed by atoms with Crippen LogP contribution in [0.3, 0.4) is 0 Å². The number of likely N-dealkylation sites (N-methyl/N-ethyl adjacent to an activating group) is 1. The van der Waals surface area contributed by atoms with E-state index >= 15 is 0 Å². The normalized spacial score (nSPS) is 18.0. The summed E-state index contributed by atoms with van der Waals surface area (Å²) in [6.45, 7) is 6.64. The van der Waals surface area contributed by atoms with Crippen molar-refractivity contribution in [2.75, 3.05) is 25.4 Å². The van der Waals surface area contributed by atoms with Gasteiger partial charge in [-0.25, -0.2) is 4.98 Å². The zero-order valence-corrected chi connectivity index (χ0v) is 16.5. The molecule has 1 N–H and O–H groups in total. The molecule has 1 fully saturated rings. The Balaban J connectivity index is 1.59. The Morgan fingerprint density at radius 3 is 2.93 bits per heavy atom. The molecule has 1 aliphatic rings. The number of aromatic nitrogens is 5. The summed E-state index contributed by atoms with van der Waals surface area (Å²) in [6, 6.07) is 10.6. The average molecular weight is 383 g/mol. The van der Waals surface area contributed by atoms with E-state index in [9.17, 15) is 0 Å². The van der Waals surface area contributed by atoms with E-state index in [2.05, 4.69) is 62.1 Å². The third-order valence-corrected chi connectivity index (χ3v) is 6.12. The Morgan fingerprint density at radius 2 is 2.15 bits per heavy atom. The van der Waals surface area contributed by atoms with Crippen LogP contribution in [-0.4, -0.2) is 55.2 Å². The summed E-state index contributed by atoms with van der Waals surface area (Å²) >= 11 is 1.72. The van der Waals surface area contributed by atoms with Crippen LogP contribution in [0.4, 0.5) is 0 Å². The molecule has 27 heavy (non-hydrogen) atoms. The van der Waals surface area contributed by atoms with Gasteiger partial charge in [0.25, 0.3) is 0 Å². The number of hydrogen-bond acceptors (Lipinski definition) is 5. The molecule has 3 heterocycles. The van der Waals surface area contributed by atoms with Crippen LogP contribution in [-0.2, 0) is 6.54 Å². The number of aromatic amines is 1. The molecule has 0 radical (unpaired) electrons. The van der Waals surface area contributed by atoms with Crippen molar-refractivity contribution in [3.8, 4) is 11.3 Å². The number of nitrogens with zero attached hydrogens (tertiary/aromatic N) is 5. The second-order valence-corrected chi connectivity index (χ2v) is 8.04. The molecule has 0 spiro atoms. The van der Waals surface area contributed by atoms with Crippen molar-refractivity contribution in [2.24, 2.45) is 0 Å². The van der Waals surface area contributed by atoms with Gasteiger partial charge in [0.2, 0.25) is 0 Å².